The van der Waals surface area contributed by atoms with Crippen LogP contribution in [0.1, 0.15) is 0 Å². The van der Waals surface area contributed by atoms with E-state index in [1.807, 2.05) is 0 Å². The van der Waals surface area contributed by atoms with Crippen molar-refractivity contribution in [3.63, 3.8) is 0 Å². The van der Waals surface area contributed by atoms with E-state index in [0.717, 1.165) is 0 Å². The predicted octanol–water partition coefficient (Wildman–Crippen LogP) is -0.477. The van der Waals surface area contributed by atoms with Crippen LogP contribution in [0.3, 0.4) is 0 Å². The van der Waals surface area contributed by atoms with Crippen molar-refractivity contribution in [3.8, 4) is 0 Å². The summed E-state index contributed by atoms with van der Waals surface area (Å²) in [7, 11) is -3.38. The Bertz CT molecular complexity index is 426. The van der Waals surface area contributed by atoms with E-state index in [0.29, 0.717) is 18.0 Å². The summed E-state index contributed by atoms with van der Waals surface area (Å²) in [4.78, 5) is 0.292. The van der Waals surface area contributed by atoms with Gasteiger partial charge in [-0.2, -0.15) is 0 Å². The average Bonchev–Trinajstić information content (AvgIpc) is 2.17. The first-order chi connectivity index (χ1) is 7.08. The van der Waals surface area contributed by atoms with Crippen LogP contribution in [0.4, 0.5) is 0 Å². The Hall–Kier alpha value is -0.950. The average molecular weight is 227 g/mol. The van der Waals surface area contributed by atoms with Gasteiger partial charge in [0.15, 0.2) is 0 Å². The van der Waals surface area contributed by atoms with Crippen LogP contribution < -0.4 is 10.6 Å². The fourth-order valence-corrected chi connectivity index (χ4v) is 2.71. The molecule has 1 aliphatic heterocycles. The van der Waals surface area contributed by atoms with Crippen molar-refractivity contribution in [1.29, 1.82) is 0 Å². The van der Waals surface area contributed by atoms with Gasteiger partial charge in [0.05, 0.1) is 10.9 Å². The van der Waals surface area contributed by atoms with Crippen molar-refractivity contribution in [1.82, 2.24) is 9.73 Å². The normalized spacial score (nSPS) is 18.7. The molecule has 82 valence electrons. The molecule has 1 heterocycles. The number of nitrogens with two attached hydrogens (primary N) is 1. The van der Waals surface area contributed by atoms with Gasteiger partial charge >= 0.3 is 0 Å². The molecule has 0 saturated carbocycles. The van der Waals surface area contributed by atoms with Gasteiger partial charge in [-0.3, -0.25) is 5.84 Å². The SMILES string of the molecule is NN1CC(NS(=O)(=O)c2ccccc2)C1. The molecule has 1 fully saturated rings. The highest BCUT2D eigenvalue weighted by Crippen LogP contribution is 2.10. The Morgan fingerprint density at radius 1 is 1.27 bits per heavy atom. The minimum Gasteiger partial charge on any atom is -0.269 e. The molecule has 1 saturated heterocycles. The summed E-state index contributed by atoms with van der Waals surface area (Å²) in [5, 5.41) is 1.57. The lowest BCUT2D eigenvalue weighted by Crippen LogP contribution is -2.61. The Kier molecular flexibility index (Phi) is 2.74. The van der Waals surface area contributed by atoms with Crippen LogP contribution in [0.2, 0.25) is 0 Å². The highest BCUT2D eigenvalue weighted by Gasteiger charge is 2.28. The van der Waals surface area contributed by atoms with E-state index in [1.165, 1.54) is 0 Å². The third-order valence-electron chi connectivity index (χ3n) is 2.29. The lowest BCUT2D eigenvalue weighted by atomic mass is 10.2. The Morgan fingerprint density at radius 3 is 2.40 bits per heavy atom. The second kappa shape index (κ2) is 3.90. The standard InChI is InChI=1S/C9H13N3O2S/c10-12-6-8(7-12)11-15(13,14)9-4-2-1-3-5-9/h1-5,8,11H,6-7,10H2. The summed E-state index contributed by atoms with van der Waals surface area (Å²) in [6.45, 7) is 1.12. The summed E-state index contributed by atoms with van der Waals surface area (Å²) in [5.74, 6) is 5.42. The number of benzene rings is 1. The number of sulfonamides is 1. The second-order valence-corrected chi connectivity index (χ2v) is 5.30. The summed E-state index contributed by atoms with van der Waals surface area (Å²) in [6, 6.07) is 8.25. The number of rotatable bonds is 3. The van der Waals surface area contributed by atoms with E-state index in [2.05, 4.69) is 4.72 Å². The molecule has 0 radical (unpaired) electrons. The third-order valence-corrected chi connectivity index (χ3v) is 3.82. The maximum absolute atomic E-state index is 11.8. The van der Waals surface area contributed by atoms with Gasteiger partial charge in [-0.15, -0.1) is 0 Å². The Morgan fingerprint density at radius 2 is 1.87 bits per heavy atom. The molecule has 0 atom stereocenters. The second-order valence-electron chi connectivity index (χ2n) is 3.59. The zero-order chi connectivity index (χ0) is 10.9. The maximum Gasteiger partial charge on any atom is 0.240 e. The monoisotopic (exact) mass is 227 g/mol. The molecule has 15 heavy (non-hydrogen) atoms. The molecular formula is C9H13N3O2S. The predicted molar refractivity (Wildman–Crippen MR) is 56.3 cm³/mol. The van der Waals surface area contributed by atoms with Crippen molar-refractivity contribution in [2.24, 2.45) is 5.84 Å². The molecule has 0 unspecified atom stereocenters. The molecule has 0 bridgehead atoms. The lowest BCUT2D eigenvalue weighted by Gasteiger charge is -2.35. The van der Waals surface area contributed by atoms with E-state index < -0.39 is 10.0 Å². The fourth-order valence-electron chi connectivity index (χ4n) is 1.47. The molecule has 2 rings (SSSR count). The van der Waals surface area contributed by atoms with Crippen molar-refractivity contribution >= 4 is 10.0 Å². The molecule has 0 aromatic heterocycles. The van der Waals surface area contributed by atoms with Crippen molar-refractivity contribution in [3.05, 3.63) is 30.3 Å². The number of hydrogen-bond acceptors (Lipinski definition) is 4. The van der Waals surface area contributed by atoms with Gasteiger partial charge in [-0.1, -0.05) is 18.2 Å². The van der Waals surface area contributed by atoms with Crippen LogP contribution in [0, 0.1) is 0 Å². The van der Waals surface area contributed by atoms with Crippen LogP contribution in [0.15, 0.2) is 35.2 Å². The van der Waals surface area contributed by atoms with E-state index in [1.54, 1.807) is 35.3 Å². The number of hydrogen-bond donors (Lipinski definition) is 2. The molecule has 1 aliphatic rings. The van der Waals surface area contributed by atoms with Crippen LogP contribution in [0.5, 0.6) is 0 Å². The van der Waals surface area contributed by atoms with Crippen LogP contribution in [0.25, 0.3) is 0 Å². The minimum atomic E-state index is -3.38. The van der Waals surface area contributed by atoms with Crippen LogP contribution in [-0.2, 0) is 10.0 Å². The van der Waals surface area contributed by atoms with Gasteiger partial charge in [-0.25, -0.2) is 18.1 Å². The van der Waals surface area contributed by atoms with Gasteiger partial charge < -0.3 is 0 Å². The summed E-state index contributed by atoms with van der Waals surface area (Å²) >= 11 is 0. The molecule has 1 aromatic rings. The van der Waals surface area contributed by atoms with E-state index >= 15 is 0 Å². The Balaban J connectivity index is 2.08. The maximum atomic E-state index is 11.8. The fraction of sp³-hybridized carbons (Fsp3) is 0.333. The zero-order valence-corrected chi connectivity index (χ0v) is 8.94. The van der Waals surface area contributed by atoms with Crippen LogP contribution >= 0.6 is 0 Å². The molecule has 0 aliphatic carbocycles. The molecule has 1 aromatic carbocycles. The molecule has 6 heteroatoms. The quantitative estimate of drug-likeness (QED) is 0.684. The van der Waals surface area contributed by atoms with Gasteiger partial charge in [0.1, 0.15) is 0 Å². The van der Waals surface area contributed by atoms with Crippen LogP contribution in [-0.4, -0.2) is 32.6 Å². The molecule has 5 nitrogen and oxygen atoms in total. The first kappa shape index (κ1) is 10.6. The van der Waals surface area contributed by atoms with Crippen molar-refractivity contribution < 1.29 is 8.42 Å². The zero-order valence-electron chi connectivity index (χ0n) is 8.13. The van der Waals surface area contributed by atoms with E-state index in [4.69, 9.17) is 5.84 Å². The molecular weight excluding hydrogens is 214 g/mol. The van der Waals surface area contributed by atoms with Gasteiger partial charge in [0, 0.05) is 13.1 Å². The van der Waals surface area contributed by atoms with Gasteiger partial charge in [0.2, 0.25) is 10.0 Å². The van der Waals surface area contributed by atoms with E-state index in [-0.39, 0.29) is 6.04 Å². The van der Waals surface area contributed by atoms with Crippen molar-refractivity contribution in [2.45, 2.75) is 10.9 Å². The molecule has 0 amide bonds. The largest absolute Gasteiger partial charge is 0.269 e. The number of hydrazine groups is 1. The smallest absolute Gasteiger partial charge is 0.240 e. The third kappa shape index (κ3) is 2.35. The summed E-state index contributed by atoms with van der Waals surface area (Å²) < 4.78 is 26.1. The number of nitrogens with one attached hydrogen (secondary N) is 1. The molecule has 3 N–H and O–H groups in total. The highest BCUT2D eigenvalue weighted by molar-refractivity contribution is 7.89. The van der Waals surface area contributed by atoms with Gasteiger partial charge in [0.25, 0.3) is 0 Å². The van der Waals surface area contributed by atoms with Crippen molar-refractivity contribution in [2.75, 3.05) is 13.1 Å². The topological polar surface area (TPSA) is 75.4 Å². The summed E-state index contributed by atoms with van der Waals surface area (Å²) in [6.07, 6.45) is 0. The van der Waals surface area contributed by atoms with E-state index in [9.17, 15) is 8.42 Å². The minimum absolute atomic E-state index is 0.0693. The highest BCUT2D eigenvalue weighted by atomic mass is 32.2. The first-order valence-electron chi connectivity index (χ1n) is 4.65. The van der Waals surface area contributed by atoms with Gasteiger partial charge in [-0.05, 0) is 12.1 Å². The first-order valence-corrected chi connectivity index (χ1v) is 6.13. The number of nitrogens with zero attached hydrogens (tertiary/aromatic N) is 1. The Labute approximate surface area is 88.9 Å². The molecule has 0 spiro atoms. The lowest BCUT2D eigenvalue weighted by molar-refractivity contribution is 0.143. The summed E-state index contributed by atoms with van der Waals surface area (Å²) in [5.41, 5.74) is 0.